The molecule has 2 aromatic heterocycles. The van der Waals surface area contributed by atoms with Crippen LogP contribution in [-0.4, -0.2) is 57.8 Å². The number of aryl methyl sites for hydroxylation is 1. The standard InChI is InChI=1S/C26H32ClN3O4S/c1-34-18-4-5-21-19(15-18)25(20(27)17-29-21)22(31)6-7-26(16-24(32)33)8-12-30(13-9-26)11-2-3-23-28-10-14-35-23/h4-5,10,14-15,17,22,31H,2-3,6-9,11-13,16H2,1H3,(H,32,33)/t22-/m1/s1. The van der Waals surface area contributed by atoms with E-state index in [0.29, 0.717) is 29.2 Å². The summed E-state index contributed by atoms with van der Waals surface area (Å²) in [6.07, 6.45) is 7.41. The lowest BCUT2D eigenvalue weighted by molar-refractivity contribution is -0.141. The average molecular weight is 518 g/mol. The summed E-state index contributed by atoms with van der Waals surface area (Å²) >= 11 is 8.16. The molecule has 4 rings (SSSR count). The van der Waals surface area contributed by atoms with E-state index < -0.39 is 12.1 Å². The number of fused-ring (bicyclic) bond motifs is 1. The molecule has 2 N–H and O–H groups in total. The Morgan fingerprint density at radius 3 is 2.80 bits per heavy atom. The molecule has 1 atom stereocenters. The summed E-state index contributed by atoms with van der Waals surface area (Å²) in [4.78, 5) is 22.9. The third-order valence-corrected chi connectivity index (χ3v) is 8.28. The molecule has 1 saturated heterocycles. The number of hydrogen-bond acceptors (Lipinski definition) is 7. The molecule has 0 unspecified atom stereocenters. The molecule has 1 fully saturated rings. The monoisotopic (exact) mass is 517 g/mol. The van der Waals surface area contributed by atoms with E-state index in [0.717, 1.165) is 61.2 Å². The number of pyridine rings is 1. The molecule has 3 heterocycles. The second-order valence-electron chi connectivity index (χ2n) is 9.40. The number of methoxy groups -OCH3 is 1. The number of halogens is 1. The van der Waals surface area contributed by atoms with Gasteiger partial charge >= 0.3 is 5.97 Å². The van der Waals surface area contributed by atoms with Gasteiger partial charge in [-0.05, 0) is 75.4 Å². The van der Waals surface area contributed by atoms with E-state index >= 15 is 0 Å². The number of carboxylic acids is 1. The second-order valence-corrected chi connectivity index (χ2v) is 10.8. The van der Waals surface area contributed by atoms with Crippen molar-refractivity contribution in [2.24, 2.45) is 5.41 Å². The number of aliphatic hydroxyl groups is 1. The van der Waals surface area contributed by atoms with Crippen LogP contribution in [0.1, 0.15) is 55.2 Å². The predicted molar refractivity (Wildman–Crippen MR) is 138 cm³/mol. The van der Waals surface area contributed by atoms with Gasteiger partial charge in [-0.25, -0.2) is 4.98 Å². The van der Waals surface area contributed by atoms with Gasteiger partial charge in [0.25, 0.3) is 0 Å². The zero-order chi connectivity index (χ0) is 24.8. The van der Waals surface area contributed by atoms with E-state index in [4.69, 9.17) is 16.3 Å². The number of carboxylic acid groups (broad SMARTS) is 1. The number of aliphatic carboxylic acids is 1. The SMILES string of the molecule is COc1ccc2ncc(Cl)c([C@H](O)CCC3(CC(=O)O)CCN(CCCc4nccs4)CC3)c2c1. The number of nitrogens with zero attached hydrogens (tertiary/aromatic N) is 3. The maximum absolute atomic E-state index is 11.7. The molecule has 7 nitrogen and oxygen atoms in total. The number of aliphatic hydroxyl groups excluding tert-OH is 1. The molecular weight excluding hydrogens is 486 g/mol. The fourth-order valence-electron chi connectivity index (χ4n) is 5.14. The summed E-state index contributed by atoms with van der Waals surface area (Å²) in [6.45, 7) is 2.74. The van der Waals surface area contributed by atoms with Crippen molar-refractivity contribution in [3.63, 3.8) is 0 Å². The summed E-state index contributed by atoms with van der Waals surface area (Å²) in [7, 11) is 1.59. The van der Waals surface area contributed by atoms with Gasteiger partial charge in [-0.1, -0.05) is 11.6 Å². The Labute approximate surface area is 214 Å². The molecule has 35 heavy (non-hydrogen) atoms. The van der Waals surface area contributed by atoms with Crippen LogP contribution in [0.15, 0.2) is 36.0 Å². The second kappa shape index (κ2) is 11.6. The van der Waals surface area contributed by atoms with E-state index in [1.807, 2.05) is 29.8 Å². The smallest absolute Gasteiger partial charge is 0.303 e. The Balaban J connectivity index is 1.40. The number of hydrogen-bond donors (Lipinski definition) is 2. The number of thiazole rings is 1. The number of benzene rings is 1. The third kappa shape index (κ3) is 6.50. The molecule has 188 valence electrons. The zero-order valence-electron chi connectivity index (χ0n) is 20.0. The molecule has 0 saturated carbocycles. The summed E-state index contributed by atoms with van der Waals surface area (Å²) in [5.74, 6) is -0.117. The number of likely N-dealkylation sites (tertiary alicyclic amines) is 1. The maximum Gasteiger partial charge on any atom is 0.303 e. The van der Waals surface area contributed by atoms with Crippen LogP contribution in [0.3, 0.4) is 0 Å². The van der Waals surface area contributed by atoms with Crippen LogP contribution in [0.25, 0.3) is 10.9 Å². The minimum Gasteiger partial charge on any atom is -0.497 e. The first-order valence-corrected chi connectivity index (χ1v) is 13.3. The van der Waals surface area contributed by atoms with Gasteiger partial charge in [0.2, 0.25) is 0 Å². The molecule has 1 aromatic carbocycles. The molecule has 1 aliphatic rings. The highest BCUT2D eigenvalue weighted by atomic mass is 35.5. The maximum atomic E-state index is 11.7. The Bertz CT molecular complexity index is 1130. The van der Waals surface area contributed by atoms with Crippen LogP contribution in [-0.2, 0) is 11.2 Å². The quantitative estimate of drug-likeness (QED) is 0.353. The van der Waals surface area contributed by atoms with Crippen LogP contribution in [0.2, 0.25) is 5.02 Å². The van der Waals surface area contributed by atoms with E-state index in [2.05, 4.69) is 14.9 Å². The lowest BCUT2D eigenvalue weighted by atomic mass is 9.71. The summed E-state index contributed by atoms with van der Waals surface area (Å²) < 4.78 is 5.35. The van der Waals surface area contributed by atoms with Gasteiger partial charge in [-0.3, -0.25) is 9.78 Å². The lowest BCUT2D eigenvalue weighted by Gasteiger charge is -2.41. The molecule has 0 radical (unpaired) electrons. The Hall–Kier alpha value is -2.26. The zero-order valence-corrected chi connectivity index (χ0v) is 21.5. The van der Waals surface area contributed by atoms with Crippen molar-refractivity contribution in [3.8, 4) is 5.75 Å². The normalized spacial score (nSPS) is 16.9. The highest BCUT2D eigenvalue weighted by Gasteiger charge is 2.37. The van der Waals surface area contributed by atoms with E-state index in [1.165, 1.54) is 0 Å². The predicted octanol–water partition coefficient (Wildman–Crippen LogP) is 5.36. The summed E-state index contributed by atoms with van der Waals surface area (Å²) in [5, 5.41) is 25.2. The van der Waals surface area contributed by atoms with Crippen molar-refractivity contribution in [2.45, 2.75) is 51.0 Å². The largest absolute Gasteiger partial charge is 0.497 e. The highest BCUT2D eigenvalue weighted by Crippen LogP contribution is 2.43. The van der Waals surface area contributed by atoms with Crippen LogP contribution in [0, 0.1) is 5.41 Å². The molecule has 3 aromatic rings. The van der Waals surface area contributed by atoms with Gasteiger partial charge < -0.3 is 19.8 Å². The molecule has 0 aliphatic carbocycles. The van der Waals surface area contributed by atoms with Crippen molar-refractivity contribution in [3.05, 3.63) is 51.6 Å². The number of carbonyl (C=O) groups is 1. The number of ether oxygens (including phenoxy) is 1. The first kappa shape index (κ1) is 25.8. The Morgan fingerprint density at radius 2 is 2.11 bits per heavy atom. The van der Waals surface area contributed by atoms with Crippen LogP contribution >= 0.6 is 22.9 Å². The lowest BCUT2D eigenvalue weighted by Crippen LogP contribution is -2.41. The molecule has 0 spiro atoms. The first-order chi connectivity index (χ1) is 16.9. The van der Waals surface area contributed by atoms with Crippen LogP contribution in [0.4, 0.5) is 0 Å². The van der Waals surface area contributed by atoms with E-state index in [1.54, 1.807) is 24.6 Å². The Kier molecular flexibility index (Phi) is 8.59. The minimum absolute atomic E-state index is 0.116. The number of rotatable bonds is 11. The fourth-order valence-corrected chi connectivity index (χ4v) is 6.08. The Morgan fingerprint density at radius 1 is 1.31 bits per heavy atom. The fraction of sp³-hybridized carbons (Fsp3) is 0.500. The molecule has 0 amide bonds. The number of aromatic nitrogens is 2. The van der Waals surface area contributed by atoms with Crippen LogP contribution in [0.5, 0.6) is 5.75 Å². The average Bonchev–Trinajstić information content (AvgIpc) is 3.36. The van der Waals surface area contributed by atoms with Crippen molar-refractivity contribution in [1.82, 2.24) is 14.9 Å². The van der Waals surface area contributed by atoms with Gasteiger partial charge in [0, 0.05) is 35.1 Å². The molecular formula is C26H32ClN3O4S. The topological polar surface area (TPSA) is 95.8 Å². The summed E-state index contributed by atoms with van der Waals surface area (Å²) in [6, 6.07) is 5.51. The highest BCUT2D eigenvalue weighted by molar-refractivity contribution is 7.09. The summed E-state index contributed by atoms with van der Waals surface area (Å²) in [5.41, 5.74) is 1.03. The van der Waals surface area contributed by atoms with E-state index in [9.17, 15) is 15.0 Å². The van der Waals surface area contributed by atoms with Gasteiger partial charge in [-0.2, -0.15) is 0 Å². The minimum atomic E-state index is -0.817. The van der Waals surface area contributed by atoms with E-state index in [-0.39, 0.29) is 11.8 Å². The van der Waals surface area contributed by atoms with Gasteiger partial charge in [0.05, 0.1) is 35.2 Å². The van der Waals surface area contributed by atoms with Gasteiger partial charge in [-0.15, -0.1) is 11.3 Å². The number of piperidine rings is 1. The van der Waals surface area contributed by atoms with Crippen molar-refractivity contribution < 1.29 is 19.7 Å². The first-order valence-electron chi connectivity index (χ1n) is 12.0. The van der Waals surface area contributed by atoms with Crippen molar-refractivity contribution in [1.29, 1.82) is 0 Å². The molecule has 0 bridgehead atoms. The molecule has 1 aliphatic heterocycles. The van der Waals surface area contributed by atoms with Crippen LogP contribution < -0.4 is 4.74 Å². The van der Waals surface area contributed by atoms with Crippen molar-refractivity contribution in [2.75, 3.05) is 26.7 Å². The third-order valence-electron chi connectivity index (χ3n) is 7.14. The van der Waals surface area contributed by atoms with Gasteiger partial charge in [0.15, 0.2) is 0 Å². The van der Waals surface area contributed by atoms with Gasteiger partial charge in [0.1, 0.15) is 5.75 Å². The molecule has 9 heteroatoms. The van der Waals surface area contributed by atoms with Crippen molar-refractivity contribution >= 4 is 39.8 Å².